The Hall–Kier alpha value is -0.870. The summed E-state index contributed by atoms with van der Waals surface area (Å²) >= 11 is 1.54. The average molecular weight is 267 g/mol. The van der Waals surface area contributed by atoms with Crippen LogP contribution in [0.2, 0.25) is 0 Å². The number of nitrogens with one attached hydrogen (secondary N) is 1. The van der Waals surface area contributed by atoms with Crippen molar-refractivity contribution in [2.75, 3.05) is 6.61 Å². The van der Waals surface area contributed by atoms with E-state index in [9.17, 15) is 9.90 Å². The molecular weight excluding hydrogens is 246 g/mol. The van der Waals surface area contributed by atoms with Crippen molar-refractivity contribution in [3.8, 4) is 0 Å². The number of carbonyl (C=O) groups excluding carboxylic acids is 1. The Morgan fingerprint density at radius 2 is 2.39 bits per heavy atom. The molecule has 1 aliphatic carbocycles. The lowest BCUT2D eigenvalue weighted by Gasteiger charge is -2.39. The van der Waals surface area contributed by atoms with E-state index in [1.165, 1.54) is 6.42 Å². The normalized spacial score (nSPS) is 28.1. The molecule has 0 saturated heterocycles. The molecule has 1 fully saturated rings. The smallest absolute Gasteiger partial charge is 0.252 e. The molecule has 100 valence electrons. The van der Waals surface area contributed by atoms with Crippen LogP contribution in [0.1, 0.15) is 48.5 Å². The monoisotopic (exact) mass is 267 g/mol. The van der Waals surface area contributed by atoms with Gasteiger partial charge < -0.3 is 10.4 Å². The molecule has 1 aliphatic rings. The van der Waals surface area contributed by atoms with Crippen LogP contribution >= 0.6 is 11.3 Å². The number of hydrogen-bond acceptors (Lipinski definition) is 3. The Morgan fingerprint density at radius 1 is 1.61 bits per heavy atom. The summed E-state index contributed by atoms with van der Waals surface area (Å²) in [4.78, 5) is 12.3. The fourth-order valence-electron chi connectivity index (χ4n) is 2.86. The van der Waals surface area contributed by atoms with E-state index in [-0.39, 0.29) is 12.5 Å². The minimum absolute atomic E-state index is 0.0340. The molecule has 3 nitrogen and oxygen atoms in total. The van der Waals surface area contributed by atoms with Gasteiger partial charge in [0.1, 0.15) is 0 Å². The van der Waals surface area contributed by atoms with Crippen molar-refractivity contribution in [3.05, 3.63) is 21.9 Å². The van der Waals surface area contributed by atoms with Crippen molar-refractivity contribution in [2.24, 2.45) is 5.92 Å². The minimum atomic E-state index is -0.414. The van der Waals surface area contributed by atoms with Crippen LogP contribution in [0.15, 0.2) is 10.8 Å². The lowest BCUT2D eigenvalue weighted by Crippen LogP contribution is -2.53. The first-order chi connectivity index (χ1) is 8.56. The molecule has 0 aliphatic heterocycles. The predicted molar refractivity (Wildman–Crippen MR) is 74.0 cm³/mol. The molecule has 1 saturated carbocycles. The van der Waals surface area contributed by atoms with E-state index in [0.29, 0.717) is 5.92 Å². The van der Waals surface area contributed by atoms with Crippen molar-refractivity contribution >= 4 is 17.2 Å². The number of aliphatic hydroxyl groups excluding tert-OH is 1. The maximum Gasteiger partial charge on any atom is 0.252 e. The van der Waals surface area contributed by atoms with Crippen molar-refractivity contribution < 1.29 is 9.90 Å². The molecule has 1 aromatic rings. The number of hydrogen-bond donors (Lipinski definition) is 2. The van der Waals surface area contributed by atoms with Crippen molar-refractivity contribution in [3.63, 3.8) is 0 Å². The molecule has 0 radical (unpaired) electrons. The van der Waals surface area contributed by atoms with E-state index in [0.717, 1.165) is 30.4 Å². The highest BCUT2D eigenvalue weighted by Crippen LogP contribution is 2.32. The summed E-state index contributed by atoms with van der Waals surface area (Å²) in [5, 5.41) is 16.6. The zero-order valence-electron chi connectivity index (χ0n) is 11.0. The standard InChI is InChI=1S/C14H21NO2S/c1-10-4-3-5-14(6-10,9-16)15-13(17)12-8-18-7-11(12)2/h7-8,10,16H,3-6,9H2,1-2H3,(H,15,17). The van der Waals surface area contributed by atoms with Gasteiger partial charge in [-0.3, -0.25) is 4.79 Å². The van der Waals surface area contributed by atoms with Gasteiger partial charge in [0.25, 0.3) is 5.91 Å². The summed E-state index contributed by atoms with van der Waals surface area (Å²) in [5.41, 5.74) is 1.34. The molecule has 1 heterocycles. The molecule has 2 rings (SSSR count). The SMILES string of the molecule is Cc1cscc1C(=O)NC1(CO)CCCC(C)C1. The minimum Gasteiger partial charge on any atom is -0.394 e. The molecule has 2 atom stereocenters. The quantitative estimate of drug-likeness (QED) is 0.884. The van der Waals surface area contributed by atoms with Gasteiger partial charge in [-0.1, -0.05) is 19.8 Å². The van der Waals surface area contributed by atoms with Gasteiger partial charge in [0.15, 0.2) is 0 Å². The summed E-state index contributed by atoms with van der Waals surface area (Å²) in [6.07, 6.45) is 4.01. The number of amides is 1. The second-order valence-electron chi connectivity index (χ2n) is 5.56. The summed E-state index contributed by atoms with van der Waals surface area (Å²) in [6, 6.07) is 0. The van der Waals surface area contributed by atoms with E-state index < -0.39 is 5.54 Å². The van der Waals surface area contributed by atoms with Crippen molar-refractivity contribution in [1.29, 1.82) is 0 Å². The van der Waals surface area contributed by atoms with Crippen molar-refractivity contribution in [2.45, 2.75) is 45.1 Å². The first-order valence-electron chi connectivity index (χ1n) is 6.52. The summed E-state index contributed by atoms with van der Waals surface area (Å²) in [5.74, 6) is 0.520. The van der Waals surface area contributed by atoms with E-state index in [1.807, 2.05) is 17.7 Å². The number of rotatable bonds is 3. The second-order valence-corrected chi connectivity index (χ2v) is 6.31. The summed E-state index contributed by atoms with van der Waals surface area (Å²) in [6.45, 7) is 4.17. The van der Waals surface area contributed by atoms with Gasteiger partial charge >= 0.3 is 0 Å². The third-order valence-corrected chi connectivity index (χ3v) is 4.73. The highest BCUT2D eigenvalue weighted by atomic mass is 32.1. The zero-order chi connectivity index (χ0) is 13.2. The Kier molecular flexibility index (Phi) is 4.07. The Morgan fingerprint density at radius 3 is 2.94 bits per heavy atom. The van der Waals surface area contributed by atoms with Crippen LogP contribution in [-0.4, -0.2) is 23.2 Å². The van der Waals surface area contributed by atoms with Gasteiger partial charge in [0, 0.05) is 5.38 Å². The molecule has 1 amide bonds. The van der Waals surface area contributed by atoms with Crippen LogP contribution in [-0.2, 0) is 0 Å². The largest absolute Gasteiger partial charge is 0.394 e. The van der Waals surface area contributed by atoms with Gasteiger partial charge in [-0.2, -0.15) is 11.3 Å². The molecule has 0 spiro atoms. The van der Waals surface area contributed by atoms with E-state index in [4.69, 9.17) is 0 Å². The number of thiophene rings is 1. The zero-order valence-corrected chi connectivity index (χ0v) is 11.8. The molecular formula is C14H21NO2S. The first-order valence-corrected chi connectivity index (χ1v) is 7.47. The highest BCUT2D eigenvalue weighted by molar-refractivity contribution is 7.08. The number of aliphatic hydroxyl groups is 1. The number of aryl methyl sites for hydroxylation is 1. The van der Waals surface area contributed by atoms with Crippen LogP contribution in [0.5, 0.6) is 0 Å². The van der Waals surface area contributed by atoms with Gasteiger partial charge in [0.2, 0.25) is 0 Å². The topological polar surface area (TPSA) is 49.3 Å². The molecule has 1 aromatic heterocycles. The third kappa shape index (κ3) is 2.75. The molecule has 4 heteroatoms. The van der Waals surface area contributed by atoms with Gasteiger partial charge in [-0.15, -0.1) is 0 Å². The van der Waals surface area contributed by atoms with Crippen LogP contribution in [0.4, 0.5) is 0 Å². The Labute approximate surface area is 112 Å². The van der Waals surface area contributed by atoms with E-state index >= 15 is 0 Å². The molecule has 0 aromatic carbocycles. The average Bonchev–Trinajstić information content (AvgIpc) is 2.75. The Balaban J connectivity index is 2.11. The van der Waals surface area contributed by atoms with E-state index in [1.54, 1.807) is 11.3 Å². The van der Waals surface area contributed by atoms with Crippen LogP contribution in [0.25, 0.3) is 0 Å². The highest BCUT2D eigenvalue weighted by Gasteiger charge is 2.36. The van der Waals surface area contributed by atoms with Crippen molar-refractivity contribution in [1.82, 2.24) is 5.32 Å². The first kappa shape index (κ1) is 13.6. The van der Waals surface area contributed by atoms with Gasteiger partial charge in [0.05, 0.1) is 17.7 Å². The third-order valence-electron chi connectivity index (χ3n) is 3.87. The summed E-state index contributed by atoms with van der Waals surface area (Å²) in [7, 11) is 0. The maximum atomic E-state index is 12.3. The predicted octanol–water partition coefficient (Wildman–Crippen LogP) is 2.73. The lowest BCUT2D eigenvalue weighted by atomic mass is 9.76. The molecule has 18 heavy (non-hydrogen) atoms. The molecule has 0 bridgehead atoms. The maximum absolute atomic E-state index is 12.3. The molecule has 2 N–H and O–H groups in total. The van der Waals surface area contributed by atoms with Crippen LogP contribution in [0.3, 0.4) is 0 Å². The fourth-order valence-corrected chi connectivity index (χ4v) is 3.69. The fraction of sp³-hybridized carbons (Fsp3) is 0.643. The molecule has 2 unspecified atom stereocenters. The number of carbonyl (C=O) groups is 1. The lowest BCUT2D eigenvalue weighted by molar-refractivity contribution is 0.0697. The summed E-state index contributed by atoms with van der Waals surface area (Å²) < 4.78 is 0. The van der Waals surface area contributed by atoms with Gasteiger partial charge in [-0.25, -0.2) is 0 Å². The van der Waals surface area contributed by atoms with Crippen LogP contribution < -0.4 is 5.32 Å². The second kappa shape index (κ2) is 5.41. The Bertz CT molecular complexity index is 429. The van der Waals surface area contributed by atoms with E-state index in [2.05, 4.69) is 12.2 Å². The van der Waals surface area contributed by atoms with Crippen LogP contribution in [0, 0.1) is 12.8 Å². The van der Waals surface area contributed by atoms with Gasteiger partial charge in [-0.05, 0) is 36.6 Å².